The highest BCUT2D eigenvalue weighted by atomic mass is 16.5. The first-order valence-corrected chi connectivity index (χ1v) is 7.65. The Morgan fingerprint density at radius 2 is 2.22 bits per heavy atom. The molecule has 0 spiro atoms. The van der Waals surface area contributed by atoms with Gasteiger partial charge in [-0.25, -0.2) is 9.78 Å². The number of methoxy groups -OCH3 is 1. The minimum absolute atomic E-state index is 0.141. The number of carbonyl (C=O) groups is 1. The van der Waals surface area contributed by atoms with Crippen molar-refractivity contribution in [3.63, 3.8) is 0 Å². The Hall–Kier alpha value is -2.50. The first-order chi connectivity index (χ1) is 11.0. The Bertz CT molecular complexity index is 666. The predicted molar refractivity (Wildman–Crippen MR) is 90.9 cm³/mol. The number of benzene rings is 1. The van der Waals surface area contributed by atoms with Crippen LogP contribution in [0.2, 0.25) is 0 Å². The van der Waals surface area contributed by atoms with Gasteiger partial charge < -0.3 is 19.5 Å². The lowest BCUT2D eigenvalue weighted by Gasteiger charge is -2.20. The molecule has 2 aromatic rings. The molecule has 1 heterocycles. The number of hydrogen-bond donors (Lipinski definition) is 1. The zero-order valence-corrected chi connectivity index (χ0v) is 14.2. The number of amides is 2. The van der Waals surface area contributed by atoms with Gasteiger partial charge in [0.15, 0.2) is 0 Å². The highest BCUT2D eigenvalue weighted by molar-refractivity contribution is 5.91. The van der Waals surface area contributed by atoms with E-state index in [9.17, 15) is 4.79 Å². The van der Waals surface area contributed by atoms with Gasteiger partial charge in [-0.2, -0.15) is 0 Å². The maximum absolute atomic E-state index is 12.3. The normalized spacial score (nSPS) is 10.4. The van der Waals surface area contributed by atoms with Crippen molar-refractivity contribution in [3.8, 4) is 5.75 Å². The lowest BCUT2D eigenvalue weighted by molar-refractivity contribution is 0.221. The standard InChI is InChI=1S/C17H24N4O2/c1-13-7-5-8-14(23-4)16(13)19-17(22)21(3)11-6-9-15-18-10-12-20(15)2/h5,7-8,10,12H,6,9,11H2,1-4H3,(H,19,22). The summed E-state index contributed by atoms with van der Waals surface area (Å²) in [5, 5.41) is 2.93. The van der Waals surface area contributed by atoms with Crippen molar-refractivity contribution in [1.82, 2.24) is 14.5 Å². The van der Waals surface area contributed by atoms with Crippen LogP contribution in [0.5, 0.6) is 5.75 Å². The second-order valence-electron chi connectivity index (χ2n) is 5.56. The Morgan fingerprint density at radius 3 is 2.87 bits per heavy atom. The number of para-hydroxylation sites is 1. The summed E-state index contributed by atoms with van der Waals surface area (Å²) in [5.74, 6) is 1.69. The molecule has 2 rings (SSSR count). The minimum Gasteiger partial charge on any atom is -0.495 e. The van der Waals surface area contributed by atoms with Crippen molar-refractivity contribution in [2.24, 2.45) is 7.05 Å². The van der Waals surface area contributed by atoms with E-state index >= 15 is 0 Å². The second-order valence-corrected chi connectivity index (χ2v) is 5.56. The Labute approximate surface area is 137 Å². The van der Waals surface area contributed by atoms with Gasteiger partial charge in [0, 0.05) is 39.5 Å². The maximum Gasteiger partial charge on any atom is 0.321 e. The molecule has 1 N–H and O–H groups in total. The van der Waals surface area contributed by atoms with Crippen LogP contribution in [0, 0.1) is 6.92 Å². The summed E-state index contributed by atoms with van der Waals surface area (Å²) in [4.78, 5) is 18.3. The van der Waals surface area contributed by atoms with Gasteiger partial charge in [0.2, 0.25) is 0 Å². The first kappa shape index (κ1) is 16.9. The molecule has 0 aliphatic carbocycles. The lowest BCUT2D eigenvalue weighted by atomic mass is 10.2. The number of carbonyl (C=O) groups excluding carboxylic acids is 1. The minimum atomic E-state index is -0.141. The zero-order valence-electron chi connectivity index (χ0n) is 14.2. The van der Waals surface area contributed by atoms with Crippen LogP contribution in [0.1, 0.15) is 17.8 Å². The van der Waals surface area contributed by atoms with Crippen LogP contribution in [0.15, 0.2) is 30.6 Å². The fourth-order valence-electron chi connectivity index (χ4n) is 2.39. The summed E-state index contributed by atoms with van der Waals surface area (Å²) < 4.78 is 7.30. The number of ether oxygens (including phenoxy) is 1. The van der Waals surface area contributed by atoms with Crippen LogP contribution in [0.3, 0.4) is 0 Å². The van der Waals surface area contributed by atoms with E-state index in [-0.39, 0.29) is 6.03 Å². The van der Waals surface area contributed by atoms with E-state index in [0.29, 0.717) is 12.3 Å². The van der Waals surface area contributed by atoms with Crippen LogP contribution >= 0.6 is 0 Å². The van der Waals surface area contributed by atoms with Crippen molar-refractivity contribution in [3.05, 3.63) is 42.0 Å². The van der Waals surface area contributed by atoms with E-state index in [4.69, 9.17) is 4.74 Å². The molecule has 1 aromatic carbocycles. The molecule has 0 saturated heterocycles. The number of aromatic nitrogens is 2. The average molecular weight is 316 g/mol. The quantitative estimate of drug-likeness (QED) is 0.891. The molecule has 0 unspecified atom stereocenters. The Morgan fingerprint density at radius 1 is 1.43 bits per heavy atom. The number of aryl methyl sites for hydroxylation is 3. The summed E-state index contributed by atoms with van der Waals surface area (Å²) in [6, 6.07) is 5.54. The van der Waals surface area contributed by atoms with Crippen LogP contribution in [0.4, 0.5) is 10.5 Å². The zero-order chi connectivity index (χ0) is 16.8. The Balaban J connectivity index is 1.89. The summed E-state index contributed by atoms with van der Waals surface area (Å²) in [5.41, 5.74) is 1.69. The number of urea groups is 1. The third-order valence-corrected chi connectivity index (χ3v) is 3.85. The van der Waals surface area contributed by atoms with Crippen molar-refractivity contribution in [2.45, 2.75) is 19.8 Å². The highest BCUT2D eigenvalue weighted by Crippen LogP contribution is 2.27. The number of imidazole rings is 1. The van der Waals surface area contributed by atoms with E-state index in [2.05, 4.69) is 10.3 Å². The van der Waals surface area contributed by atoms with Gasteiger partial charge in [-0.3, -0.25) is 0 Å². The molecule has 23 heavy (non-hydrogen) atoms. The van der Waals surface area contributed by atoms with Gasteiger partial charge in [-0.05, 0) is 25.0 Å². The maximum atomic E-state index is 12.3. The molecule has 2 amide bonds. The molecule has 0 bridgehead atoms. The van der Waals surface area contributed by atoms with Crippen LogP contribution in [-0.4, -0.2) is 41.2 Å². The van der Waals surface area contributed by atoms with Crippen molar-refractivity contribution >= 4 is 11.7 Å². The molecule has 0 saturated carbocycles. The molecule has 124 valence electrons. The predicted octanol–water partition coefficient (Wildman–Crippen LogP) is 2.83. The van der Waals surface area contributed by atoms with Gasteiger partial charge in [-0.1, -0.05) is 12.1 Å². The fraction of sp³-hybridized carbons (Fsp3) is 0.412. The van der Waals surface area contributed by atoms with Gasteiger partial charge in [0.1, 0.15) is 11.6 Å². The van der Waals surface area contributed by atoms with Crippen LogP contribution < -0.4 is 10.1 Å². The monoisotopic (exact) mass is 316 g/mol. The molecule has 0 aliphatic rings. The topological polar surface area (TPSA) is 59.4 Å². The van der Waals surface area contributed by atoms with Crippen LogP contribution in [-0.2, 0) is 13.5 Å². The summed E-state index contributed by atoms with van der Waals surface area (Å²) in [7, 11) is 5.36. The van der Waals surface area contributed by atoms with Gasteiger partial charge in [0.05, 0.1) is 12.8 Å². The number of nitrogens with zero attached hydrogens (tertiary/aromatic N) is 3. The summed E-state index contributed by atoms with van der Waals surface area (Å²) in [6.07, 6.45) is 5.42. The van der Waals surface area contributed by atoms with Gasteiger partial charge in [-0.15, -0.1) is 0 Å². The largest absolute Gasteiger partial charge is 0.495 e. The van der Waals surface area contributed by atoms with Gasteiger partial charge >= 0.3 is 6.03 Å². The van der Waals surface area contributed by atoms with Gasteiger partial charge in [0.25, 0.3) is 0 Å². The molecule has 0 fully saturated rings. The van der Waals surface area contributed by atoms with Crippen molar-refractivity contribution in [2.75, 3.05) is 26.0 Å². The third-order valence-electron chi connectivity index (χ3n) is 3.85. The average Bonchev–Trinajstić information content (AvgIpc) is 2.94. The molecule has 1 aromatic heterocycles. The number of hydrogen-bond acceptors (Lipinski definition) is 3. The van der Waals surface area contributed by atoms with Crippen LogP contribution in [0.25, 0.3) is 0 Å². The Kier molecular flexibility index (Phi) is 5.62. The third kappa shape index (κ3) is 4.25. The number of rotatable bonds is 6. The second kappa shape index (κ2) is 7.67. The highest BCUT2D eigenvalue weighted by Gasteiger charge is 2.13. The van der Waals surface area contributed by atoms with Crippen molar-refractivity contribution < 1.29 is 9.53 Å². The van der Waals surface area contributed by atoms with E-state index in [0.717, 1.165) is 29.9 Å². The smallest absolute Gasteiger partial charge is 0.321 e. The molecule has 0 aliphatic heterocycles. The number of anilines is 1. The molecular weight excluding hydrogens is 292 g/mol. The molecule has 0 atom stereocenters. The molecule has 0 radical (unpaired) electrons. The van der Waals surface area contributed by atoms with E-state index in [1.54, 1.807) is 25.3 Å². The van der Waals surface area contributed by atoms with Crippen molar-refractivity contribution in [1.29, 1.82) is 0 Å². The molecular formula is C17H24N4O2. The lowest BCUT2D eigenvalue weighted by Crippen LogP contribution is -2.32. The fourth-order valence-corrected chi connectivity index (χ4v) is 2.39. The summed E-state index contributed by atoms with van der Waals surface area (Å²) >= 11 is 0. The molecule has 6 nitrogen and oxygen atoms in total. The summed E-state index contributed by atoms with van der Waals surface area (Å²) in [6.45, 7) is 2.60. The van der Waals surface area contributed by atoms with E-state index < -0.39 is 0 Å². The first-order valence-electron chi connectivity index (χ1n) is 7.65. The molecule has 6 heteroatoms. The number of nitrogens with one attached hydrogen (secondary N) is 1. The van der Waals surface area contributed by atoms with E-state index in [1.807, 2.05) is 42.9 Å². The SMILES string of the molecule is COc1cccc(C)c1NC(=O)N(C)CCCc1nccn1C. The van der Waals surface area contributed by atoms with E-state index in [1.165, 1.54) is 0 Å².